The number of hydrogen-bond donors (Lipinski definition) is 2. The average Bonchev–Trinajstić information content (AvgIpc) is 2.49. The van der Waals surface area contributed by atoms with E-state index < -0.39 is 0 Å². The van der Waals surface area contributed by atoms with Gasteiger partial charge in [0.05, 0.1) is 0 Å². The molecule has 1 aromatic heterocycles. The van der Waals surface area contributed by atoms with Crippen LogP contribution in [-0.4, -0.2) is 36.6 Å². The first-order valence-electron chi connectivity index (χ1n) is 7.77. The summed E-state index contributed by atoms with van der Waals surface area (Å²) in [7, 11) is 2.19. The third kappa shape index (κ3) is 3.45. The highest BCUT2D eigenvalue weighted by molar-refractivity contribution is 5.83. The second-order valence-electron chi connectivity index (χ2n) is 6.06. The van der Waals surface area contributed by atoms with Crippen LogP contribution in [0.25, 0.3) is 10.8 Å². The Kier molecular flexibility index (Phi) is 4.25. The molecule has 112 valence electrons. The zero-order valence-corrected chi connectivity index (χ0v) is 12.6. The van der Waals surface area contributed by atoms with Crippen molar-refractivity contribution in [3.8, 4) is 0 Å². The van der Waals surface area contributed by atoms with Crippen molar-refractivity contribution >= 4 is 16.6 Å². The van der Waals surface area contributed by atoms with E-state index in [1.54, 1.807) is 0 Å². The number of anilines is 1. The van der Waals surface area contributed by atoms with Crippen molar-refractivity contribution in [2.75, 3.05) is 32.0 Å². The number of piperidine rings is 1. The maximum absolute atomic E-state index is 12.0. The first-order valence-corrected chi connectivity index (χ1v) is 7.77. The Labute approximate surface area is 125 Å². The van der Waals surface area contributed by atoms with Crippen molar-refractivity contribution in [2.45, 2.75) is 19.3 Å². The number of H-pyrrole nitrogens is 1. The highest BCUT2D eigenvalue weighted by Gasteiger charge is 2.15. The van der Waals surface area contributed by atoms with Crippen LogP contribution in [0, 0.1) is 5.92 Å². The van der Waals surface area contributed by atoms with Crippen LogP contribution in [0.5, 0.6) is 0 Å². The SMILES string of the molecule is CN1CCC(CCNc2cc3ccccc3c(=O)[nH]2)CC1. The van der Waals surface area contributed by atoms with Crippen LogP contribution in [0.1, 0.15) is 19.3 Å². The molecule has 0 bridgehead atoms. The fraction of sp³-hybridized carbons (Fsp3) is 0.471. The second-order valence-corrected chi connectivity index (χ2v) is 6.06. The maximum atomic E-state index is 12.0. The minimum atomic E-state index is -0.0186. The first kappa shape index (κ1) is 14.1. The number of pyridine rings is 1. The topological polar surface area (TPSA) is 48.1 Å². The summed E-state index contributed by atoms with van der Waals surface area (Å²) < 4.78 is 0. The molecule has 1 aromatic carbocycles. The molecule has 1 aliphatic heterocycles. The molecule has 0 saturated carbocycles. The molecule has 3 rings (SSSR count). The number of nitrogens with zero attached hydrogens (tertiary/aromatic N) is 1. The predicted molar refractivity (Wildman–Crippen MR) is 87.9 cm³/mol. The van der Waals surface area contributed by atoms with E-state index in [0.29, 0.717) is 0 Å². The Morgan fingerprint density at radius 1 is 1.29 bits per heavy atom. The minimum absolute atomic E-state index is 0.0186. The summed E-state index contributed by atoms with van der Waals surface area (Å²) in [5.74, 6) is 1.63. The fourth-order valence-corrected chi connectivity index (χ4v) is 3.07. The van der Waals surface area contributed by atoms with Gasteiger partial charge in [-0.1, -0.05) is 18.2 Å². The van der Waals surface area contributed by atoms with Crippen molar-refractivity contribution in [3.63, 3.8) is 0 Å². The highest BCUT2D eigenvalue weighted by Crippen LogP contribution is 2.19. The van der Waals surface area contributed by atoms with E-state index in [4.69, 9.17) is 0 Å². The Balaban J connectivity index is 1.59. The summed E-state index contributed by atoms with van der Waals surface area (Å²) in [6.45, 7) is 3.33. The van der Waals surface area contributed by atoms with Gasteiger partial charge in [0.1, 0.15) is 5.82 Å². The number of nitrogens with one attached hydrogen (secondary N) is 2. The van der Waals surface area contributed by atoms with Gasteiger partial charge in [0.25, 0.3) is 5.56 Å². The van der Waals surface area contributed by atoms with Gasteiger partial charge in [0, 0.05) is 11.9 Å². The monoisotopic (exact) mass is 285 g/mol. The summed E-state index contributed by atoms with van der Waals surface area (Å²) in [6.07, 6.45) is 3.74. The maximum Gasteiger partial charge on any atom is 0.257 e. The van der Waals surface area contributed by atoms with Gasteiger partial charge in [-0.15, -0.1) is 0 Å². The molecule has 0 spiro atoms. The van der Waals surface area contributed by atoms with E-state index in [1.807, 2.05) is 30.3 Å². The third-order valence-electron chi connectivity index (χ3n) is 4.46. The molecular weight excluding hydrogens is 262 g/mol. The van der Waals surface area contributed by atoms with Gasteiger partial charge < -0.3 is 15.2 Å². The summed E-state index contributed by atoms with van der Waals surface area (Å²) in [5.41, 5.74) is -0.0186. The molecule has 1 saturated heterocycles. The van der Waals surface area contributed by atoms with E-state index in [9.17, 15) is 4.79 Å². The molecule has 1 aliphatic rings. The van der Waals surface area contributed by atoms with Crippen LogP contribution in [0.15, 0.2) is 35.1 Å². The number of rotatable bonds is 4. The zero-order valence-electron chi connectivity index (χ0n) is 12.6. The zero-order chi connectivity index (χ0) is 14.7. The molecule has 21 heavy (non-hydrogen) atoms. The number of aromatic nitrogens is 1. The lowest BCUT2D eigenvalue weighted by Crippen LogP contribution is -2.30. The Morgan fingerprint density at radius 3 is 2.86 bits per heavy atom. The number of aromatic amines is 1. The number of benzene rings is 1. The molecule has 4 heteroatoms. The van der Waals surface area contributed by atoms with Crippen molar-refractivity contribution in [2.24, 2.45) is 5.92 Å². The van der Waals surface area contributed by atoms with Crippen LogP contribution >= 0.6 is 0 Å². The van der Waals surface area contributed by atoms with E-state index in [1.165, 1.54) is 32.4 Å². The molecule has 0 atom stereocenters. The Morgan fingerprint density at radius 2 is 2.05 bits per heavy atom. The van der Waals surface area contributed by atoms with Crippen LogP contribution in [0.2, 0.25) is 0 Å². The molecule has 4 nitrogen and oxygen atoms in total. The van der Waals surface area contributed by atoms with Gasteiger partial charge in [-0.05, 0) is 62.8 Å². The molecule has 0 amide bonds. The van der Waals surface area contributed by atoms with Crippen molar-refractivity contribution in [3.05, 3.63) is 40.7 Å². The fourth-order valence-electron chi connectivity index (χ4n) is 3.07. The molecule has 2 N–H and O–H groups in total. The van der Waals surface area contributed by atoms with Gasteiger partial charge in [-0.2, -0.15) is 0 Å². The Hall–Kier alpha value is -1.81. The molecule has 0 aliphatic carbocycles. The lowest BCUT2D eigenvalue weighted by molar-refractivity contribution is 0.215. The van der Waals surface area contributed by atoms with E-state index in [0.717, 1.165) is 29.1 Å². The smallest absolute Gasteiger partial charge is 0.257 e. The second kappa shape index (κ2) is 6.31. The van der Waals surface area contributed by atoms with Crippen molar-refractivity contribution in [1.82, 2.24) is 9.88 Å². The van der Waals surface area contributed by atoms with E-state index in [2.05, 4.69) is 22.2 Å². The quantitative estimate of drug-likeness (QED) is 0.908. The molecule has 2 aromatic rings. The van der Waals surface area contributed by atoms with Crippen LogP contribution in [0.4, 0.5) is 5.82 Å². The van der Waals surface area contributed by atoms with E-state index in [-0.39, 0.29) is 5.56 Å². The lowest BCUT2D eigenvalue weighted by atomic mass is 9.94. The van der Waals surface area contributed by atoms with Gasteiger partial charge >= 0.3 is 0 Å². The number of hydrogen-bond acceptors (Lipinski definition) is 3. The Bertz CT molecular complexity index is 656. The predicted octanol–water partition coefficient (Wildman–Crippen LogP) is 2.67. The number of fused-ring (bicyclic) bond motifs is 1. The van der Waals surface area contributed by atoms with Crippen molar-refractivity contribution in [1.29, 1.82) is 0 Å². The molecule has 0 radical (unpaired) electrons. The molecule has 2 heterocycles. The minimum Gasteiger partial charge on any atom is -0.372 e. The van der Waals surface area contributed by atoms with Gasteiger partial charge in [0.15, 0.2) is 0 Å². The van der Waals surface area contributed by atoms with Crippen molar-refractivity contribution < 1.29 is 0 Å². The largest absolute Gasteiger partial charge is 0.372 e. The van der Waals surface area contributed by atoms with Crippen LogP contribution < -0.4 is 10.9 Å². The molecular formula is C17H23N3O. The van der Waals surface area contributed by atoms with Crippen LogP contribution in [0.3, 0.4) is 0 Å². The summed E-state index contributed by atoms with van der Waals surface area (Å²) in [4.78, 5) is 17.3. The lowest BCUT2D eigenvalue weighted by Gasteiger charge is -2.28. The van der Waals surface area contributed by atoms with E-state index >= 15 is 0 Å². The standard InChI is InChI=1S/C17H23N3O/c1-20-10-7-13(8-11-20)6-9-18-16-12-14-4-2-3-5-15(14)17(21)19-16/h2-5,12-13H,6-11H2,1H3,(H2,18,19,21). The molecule has 1 fully saturated rings. The third-order valence-corrected chi connectivity index (χ3v) is 4.46. The normalized spacial score (nSPS) is 17.2. The molecule has 0 unspecified atom stereocenters. The first-order chi connectivity index (χ1) is 10.2. The summed E-state index contributed by atoms with van der Waals surface area (Å²) in [6, 6.07) is 9.71. The highest BCUT2D eigenvalue weighted by atomic mass is 16.1. The van der Waals surface area contributed by atoms with Crippen LogP contribution in [-0.2, 0) is 0 Å². The number of likely N-dealkylation sites (tertiary alicyclic amines) is 1. The summed E-state index contributed by atoms with van der Waals surface area (Å²) >= 11 is 0. The summed E-state index contributed by atoms with van der Waals surface area (Å²) in [5, 5.41) is 5.10. The average molecular weight is 285 g/mol. The van der Waals surface area contributed by atoms with Gasteiger partial charge in [-0.3, -0.25) is 4.79 Å². The van der Waals surface area contributed by atoms with Gasteiger partial charge in [0.2, 0.25) is 0 Å². The van der Waals surface area contributed by atoms with Gasteiger partial charge in [-0.25, -0.2) is 0 Å².